The number of aromatic carboxylic acids is 1. The van der Waals surface area contributed by atoms with Crippen LogP contribution in [-0.4, -0.2) is 181 Å². The van der Waals surface area contributed by atoms with Crippen LogP contribution in [0.15, 0.2) is 54.6 Å². The highest BCUT2D eigenvalue weighted by molar-refractivity contribution is 5.99. The number of ether oxygens (including phenoxy) is 1. The van der Waals surface area contributed by atoms with Crippen LogP contribution in [-0.2, 0) is 40.0 Å². The van der Waals surface area contributed by atoms with Crippen LogP contribution in [0.2, 0.25) is 0 Å². The van der Waals surface area contributed by atoms with E-state index in [9.17, 15) is 74.1 Å². The second-order valence-corrected chi connectivity index (χ2v) is 17.8. The molecule has 0 bridgehead atoms. The van der Waals surface area contributed by atoms with Gasteiger partial charge in [0.15, 0.2) is 17.9 Å². The lowest BCUT2D eigenvalue weighted by atomic mass is 9.88. The third-order valence-corrected chi connectivity index (χ3v) is 12.4. The maximum atomic E-state index is 13.8. The van der Waals surface area contributed by atoms with Gasteiger partial charge in [-0.3, -0.25) is 33.6 Å². The summed E-state index contributed by atoms with van der Waals surface area (Å²) in [6.07, 6.45) is -6.36. The number of aromatic amines is 1. The van der Waals surface area contributed by atoms with Crippen LogP contribution in [0.25, 0.3) is 17.0 Å². The van der Waals surface area contributed by atoms with Crippen LogP contribution in [0.5, 0.6) is 5.75 Å². The average Bonchev–Trinajstić information content (AvgIpc) is 3.80. The number of allylic oxidation sites excluding steroid dienone is 1. The molecule has 0 radical (unpaired) electrons. The van der Waals surface area contributed by atoms with Gasteiger partial charge in [0.25, 0.3) is 11.8 Å². The molecule has 0 spiro atoms. The van der Waals surface area contributed by atoms with E-state index in [1.807, 2.05) is 41.7 Å². The third-order valence-electron chi connectivity index (χ3n) is 12.4. The standard InChI is InChI=1S/C47H62N8O16/c1-24(10-6-4-5-7-11-25-14-16-27(71-3)17-15-25)38(61)39(62)37-40(63)44(66)53-42-41(64)45(67)54-47(42,70)20-35(60)55(2)23-34(59)50-31(19-29-28-12-8-9-13-30(28)51-36(29)46(68)69)43(65)49-22-33(58)48-21-26(56)18-32(57)52-37/h7-9,11-17,24,26,31,37-42,51,56,61-64,70H,4-6,10,18-23H2,1-3H3,(H,48,58)(H,49,65)(H,50,59)(H,52,57)(H,53,66)(H,54,67)(H,68,69)/b11-7+/t24-,26-,31-,37-,38+,39+,40+,41-,42+,47+/m1/s1. The summed E-state index contributed by atoms with van der Waals surface area (Å²) in [6, 6.07) is 8.16. The van der Waals surface area contributed by atoms with Crippen molar-refractivity contribution in [3.63, 3.8) is 0 Å². The zero-order valence-electron chi connectivity index (χ0n) is 39.3. The van der Waals surface area contributed by atoms with E-state index in [1.165, 1.54) is 0 Å². The van der Waals surface area contributed by atoms with E-state index in [0.29, 0.717) is 36.6 Å². The topological polar surface area (TPSA) is 379 Å². The number of benzene rings is 2. The fourth-order valence-corrected chi connectivity index (χ4v) is 8.30. The van der Waals surface area contributed by atoms with Crippen LogP contribution >= 0.6 is 0 Å². The lowest BCUT2D eigenvalue weighted by Gasteiger charge is -2.35. The molecule has 5 rings (SSSR count). The molecule has 14 N–H and O–H groups in total. The number of carboxylic acids is 1. The van der Waals surface area contributed by atoms with Gasteiger partial charge in [-0.25, -0.2) is 4.79 Å². The Morgan fingerprint density at radius 1 is 0.873 bits per heavy atom. The van der Waals surface area contributed by atoms with Crippen LogP contribution < -0.4 is 36.6 Å². The number of aliphatic hydroxyl groups excluding tert-OH is 5. The van der Waals surface area contributed by atoms with Gasteiger partial charge in [-0.2, -0.15) is 0 Å². The van der Waals surface area contributed by atoms with Crippen molar-refractivity contribution >= 4 is 64.3 Å². The first kappa shape index (κ1) is 55.0. The van der Waals surface area contributed by atoms with Crippen molar-refractivity contribution in [2.45, 2.75) is 106 Å². The number of nitrogens with one attached hydrogen (secondary N) is 7. The zero-order valence-corrected chi connectivity index (χ0v) is 39.3. The molecule has 2 saturated heterocycles. The van der Waals surface area contributed by atoms with Crippen LogP contribution in [0.4, 0.5) is 0 Å². The third kappa shape index (κ3) is 14.6. The number of H-pyrrole nitrogens is 1. The van der Waals surface area contributed by atoms with Gasteiger partial charge in [-0.05, 0) is 54.5 Å². The smallest absolute Gasteiger partial charge is 0.352 e. The van der Waals surface area contributed by atoms with Gasteiger partial charge < -0.3 is 82.3 Å². The predicted molar refractivity (Wildman–Crippen MR) is 250 cm³/mol. The molecule has 24 heteroatoms. The maximum Gasteiger partial charge on any atom is 0.352 e. The molecule has 3 heterocycles. The fourth-order valence-electron chi connectivity index (χ4n) is 8.30. The van der Waals surface area contributed by atoms with Crippen molar-refractivity contribution in [3.8, 4) is 5.75 Å². The van der Waals surface area contributed by atoms with Crippen LogP contribution in [0.3, 0.4) is 0 Å². The molecule has 71 heavy (non-hydrogen) atoms. The number of amides is 7. The van der Waals surface area contributed by atoms with E-state index in [-0.39, 0.29) is 11.3 Å². The number of hydrogen-bond acceptors (Lipinski definition) is 15. The van der Waals surface area contributed by atoms with E-state index in [2.05, 4.69) is 31.6 Å². The molecule has 0 aliphatic carbocycles. The average molecular weight is 995 g/mol. The molecule has 10 atom stereocenters. The molecule has 0 saturated carbocycles. The number of rotatable bonds is 13. The molecule has 7 amide bonds. The quantitative estimate of drug-likeness (QED) is 0.0754. The minimum atomic E-state index is -2.78. The summed E-state index contributed by atoms with van der Waals surface area (Å²) in [5.74, 6) is -9.14. The molecule has 2 aliphatic rings. The number of methoxy groups -OCH3 is 1. The van der Waals surface area contributed by atoms with Crippen molar-refractivity contribution in [1.29, 1.82) is 0 Å². The molecular formula is C47H62N8O16. The minimum absolute atomic E-state index is 0.108. The Morgan fingerprint density at radius 2 is 1.58 bits per heavy atom. The summed E-state index contributed by atoms with van der Waals surface area (Å²) < 4.78 is 5.17. The molecular weight excluding hydrogens is 933 g/mol. The number of unbranched alkanes of at least 4 members (excludes halogenated alkanes) is 2. The monoisotopic (exact) mass is 994 g/mol. The number of hydrogen-bond donors (Lipinski definition) is 14. The number of likely N-dealkylation sites (N-methyl/N-ethyl adjacent to an activating group) is 1. The molecule has 2 fully saturated rings. The van der Waals surface area contributed by atoms with Gasteiger partial charge in [-0.1, -0.05) is 55.8 Å². The van der Waals surface area contributed by atoms with Gasteiger partial charge in [0.1, 0.15) is 29.6 Å². The Balaban J connectivity index is 1.34. The number of carbonyl (C=O) groups excluding carboxylic acids is 7. The van der Waals surface area contributed by atoms with E-state index in [1.54, 1.807) is 38.3 Å². The van der Waals surface area contributed by atoms with Gasteiger partial charge in [0.05, 0.1) is 51.3 Å². The van der Waals surface area contributed by atoms with Gasteiger partial charge in [-0.15, -0.1) is 0 Å². The molecule has 2 aromatic carbocycles. The van der Waals surface area contributed by atoms with Gasteiger partial charge in [0.2, 0.25) is 29.5 Å². The number of carboxylic acid groups (broad SMARTS) is 1. The highest BCUT2D eigenvalue weighted by Gasteiger charge is 2.55. The normalized spacial score (nSPS) is 26.0. The molecule has 386 valence electrons. The highest BCUT2D eigenvalue weighted by Crippen LogP contribution is 2.27. The van der Waals surface area contributed by atoms with Gasteiger partial charge >= 0.3 is 5.97 Å². The SMILES string of the molecule is COc1ccc(/C=C/CCCC[C@@H](C)[C@H](O)[C@@H](O)[C@H]2NC(=O)C[C@@H](O)CNC(=O)CNC(=O)[C@@H](Cc3c(C(=O)O)[nH]c4ccccc34)NC(=O)CN(C)C(=O)C[C@@]3(O)NC(=O)[C@H](O)[C@@H]3NC(=O)[C@H]2O)cc1. The van der Waals surface area contributed by atoms with E-state index < -0.39 is 147 Å². The molecule has 0 unspecified atom stereocenters. The summed E-state index contributed by atoms with van der Waals surface area (Å²) in [7, 11) is 2.68. The van der Waals surface area contributed by atoms with Crippen LogP contribution in [0.1, 0.15) is 67.1 Å². The predicted octanol–water partition coefficient (Wildman–Crippen LogP) is -3.11. The Hall–Kier alpha value is -6.96. The fraction of sp³-hybridized carbons (Fsp3) is 0.489. The Kier molecular flexibility index (Phi) is 19.2. The Bertz CT molecular complexity index is 2450. The van der Waals surface area contributed by atoms with E-state index in [0.717, 1.165) is 23.3 Å². The van der Waals surface area contributed by atoms with Crippen LogP contribution in [0, 0.1) is 5.92 Å². The Labute approximate surface area is 407 Å². The first-order valence-electron chi connectivity index (χ1n) is 22.9. The van der Waals surface area contributed by atoms with Crippen molar-refractivity contribution in [2.24, 2.45) is 5.92 Å². The molecule has 24 nitrogen and oxygen atoms in total. The molecule has 2 aliphatic heterocycles. The van der Waals surface area contributed by atoms with Crippen molar-refractivity contribution in [1.82, 2.24) is 41.8 Å². The lowest BCUT2D eigenvalue weighted by molar-refractivity contribution is -0.146. The molecule has 3 aromatic rings. The summed E-state index contributed by atoms with van der Waals surface area (Å²) >= 11 is 0. The highest BCUT2D eigenvalue weighted by atomic mass is 16.5. The molecule has 1 aromatic heterocycles. The Morgan fingerprint density at radius 3 is 2.27 bits per heavy atom. The number of β-amino-alcohol motifs (C(OH)–C–C–N with tert-alkyl or cyclic N) is 1. The number of aliphatic hydroxyl groups is 6. The second kappa shape index (κ2) is 24.7. The summed E-state index contributed by atoms with van der Waals surface area (Å²) in [5, 5.41) is 91.1. The second-order valence-electron chi connectivity index (χ2n) is 17.8. The first-order chi connectivity index (χ1) is 33.6. The number of carbonyl (C=O) groups is 8. The van der Waals surface area contributed by atoms with E-state index >= 15 is 0 Å². The number of para-hydroxylation sites is 1. The van der Waals surface area contributed by atoms with Gasteiger partial charge in [0, 0.05) is 30.9 Å². The van der Waals surface area contributed by atoms with Crippen molar-refractivity contribution in [2.75, 3.05) is 33.8 Å². The summed E-state index contributed by atoms with van der Waals surface area (Å²) in [5.41, 5.74) is -1.61. The zero-order chi connectivity index (χ0) is 52.2. The largest absolute Gasteiger partial charge is 0.497 e. The maximum absolute atomic E-state index is 13.8. The summed E-state index contributed by atoms with van der Waals surface area (Å²) in [6.45, 7) is -0.564. The minimum Gasteiger partial charge on any atom is -0.497 e. The summed E-state index contributed by atoms with van der Waals surface area (Å²) in [4.78, 5) is 109. The number of fused-ring (bicyclic) bond motifs is 2. The number of aromatic nitrogens is 1. The first-order valence-corrected chi connectivity index (χ1v) is 22.9. The van der Waals surface area contributed by atoms with E-state index in [4.69, 9.17) is 4.74 Å². The lowest BCUT2D eigenvalue weighted by Crippen LogP contribution is -2.64. The van der Waals surface area contributed by atoms with Crippen molar-refractivity contribution in [3.05, 3.63) is 71.4 Å². The van der Waals surface area contributed by atoms with Crippen molar-refractivity contribution < 1.29 is 78.8 Å². The number of nitrogens with zero attached hydrogens (tertiary/aromatic N) is 1.